The van der Waals surface area contributed by atoms with E-state index < -0.39 is 44.1 Å². The molecule has 16 nitrogen and oxygen atoms in total. The first kappa shape index (κ1) is 36.9. The van der Waals surface area contributed by atoms with Crippen molar-refractivity contribution in [2.75, 3.05) is 33.1 Å². The molecule has 0 aliphatic carbocycles. The molecule has 6 unspecified atom stereocenters. The number of nitrogens with two attached hydrogens (primary N) is 1. The van der Waals surface area contributed by atoms with Gasteiger partial charge < -0.3 is 29.6 Å². The monoisotopic (exact) mass is 689 g/mol. The summed E-state index contributed by atoms with van der Waals surface area (Å²) in [6.07, 6.45) is 4.20. The van der Waals surface area contributed by atoms with Crippen LogP contribution in [0.15, 0.2) is 41.8 Å². The Morgan fingerprint density at radius 3 is 2.65 bits per heavy atom. The lowest BCUT2D eigenvalue weighted by molar-refractivity contribution is -0.146. The molecule has 0 amide bonds. The van der Waals surface area contributed by atoms with E-state index in [2.05, 4.69) is 43.8 Å². The number of fused-ring (bicyclic) bond motifs is 1. The second-order valence-corrected chi connectivity index (χ2v) is 13.2. The van der Waals surface area contributed by atoms with Gasteiger partial charge in [-0.3, -0.25) is 13.9 Å². The number of nitrogens with one attached hydrogen (secondary N) is 1. The van der Waals surface area contributed by atoms with E-state index in [1.807, 2.05) is 0 Å². The van der Waals surface area contributed by atoms with Gasteiger partial charge >= 0.3 is 19.9 Å². The van der Waals surface area contributed by atoms with Crippen molar-refractivity contribution in [3.8, 4) is 11.6 Å². The number of methoxy groups -OCH3 is 1. The Bertz CT molecular complexity index is 1600. The molecule has 1 aromatic carbocycles. The van der Waals surface area contributed by atoms with E-state index >= 15 is 0 Å². The molecule has 3 heterocycles. The van der Waals surface area contributed by atoms with Crippen molar-refractivity contribution in [2.45, 2.75) is 77.4 Å². The standard InChI is InChI=1S/C31H46N8O8P/c1-6-11-21(12-7-2)17-44-30(41)20(3)38-48(42,47-22-13-9-8-10-14-22)45-18-24-26(40)23(15-16-35-33-4)29(46-24)39-19-34-25-27(39)36-31(32)37-28(25)43-5/h8-10,13-14,16,19-21,23-24,26,29,40H,6-7,11-12,15,17-18H2,1-5H3,(H,38,42)(H2,32,36,37)/q+1. The van der Waals surface area contributed by atoms with E-state index in [1.54, 1.807) is 41.1 Å². The van der Waals surface area contributed by atoms with E-state index in [0.29, 0.717) is 11.2 Å². The van der Waals surface area contributed by atoms with Gasteiger partial charge in [-0.2, -0.15) is 15.1 Å². The van der Waals surface area contributed by atoms with Crippen LogP contribution in [-0.4, -0.2) is 87.2 Å². The molecule has 1 aliphatic rings. The van der Waals surface area contributed by atoms with Crippen molar-refractivity contribution in [1.29, 1.82) is 0 Å². The van der Waals surface area contributed by atoms with E-state index in [0.717, 1.165) is 25.7 Å². The molecule has 0 saturated carbocycles. The van der Waals surface area contributed by atoms with Crippen molar-refractivity contribution in [3.05, 3.63) is 36.7 Å². The minimum atomic E-state index is -4.24. The third-order valence-electron chi connectivity index (χ3n) is 7.89. The molecule has 1 aliphatic heterocycles. The molecule has 2 aromatic heterocycles. The predicted octanol–water partition coefficient (Wildman–Crippen LogP) is 3.98. The molecule has 0 bridgehead atoms. The Morgan fingerprint density at radius 1 is 1.25 bits per heavy atom. The first-order chi connectivity index (χ1) is 23.1. The minimum absolute atomic E-state index is 0.0357. The Kier molecular flexibility index (Phi) is 13.4. The fourth-order valence-electron chi connectivity index (χ4n) is 5.58. The number of esters is 1. The van der Waals surface area contributed by atoms with Crippen molar-refractivity contribution in [3.63, 3.8) is 0 Å². The third-order valence-corrected chi connectivity index (χ3v) is 9.53. The molecule has 4 rings (SSSR count). The van der Waals surface area contributed by atoms with Crippen LogP contribution in [0, 0.1) is 11.8 Å². The number of aromatic nitrogens is 4. The maximum Gasteiger partial charge on any atom is 0.459 e. The number of rotatable bonds is 18. The number of ether oxygens (including phenoxy) is 3. The molecule has 3 aromatic rings. The molecule has 0 radical (unpaired) electrons. The van der Waals surface area contributed by atoms with Crippen molar-refractivity contribution < 1.29 is 42.5 Å². The number of para-hydroxylation sites is 1. The smallest absolute Gasteiger partial charge is 0.459 e. The van der Waals surface area contributed by atoms with Crippen LogP contribution in [0.2, 0.25) is 0 Å². The van der Waals surface area contributed by atoms with Crippen LogP contribution in [0.25, 0.3) is 11.2 Å². The summed E-state index contributed by atoms with van der Waals surface area (Å²) in [5, 5.41) is 17.9. The van der Waals surface area contributed by atoms with Crippen LogP contribution >= 0.6 is 7.75 Å². The minimum Gasteiger partial charge on any atom is -0.479 e. The van der Waals surface area contributed by atoms with Crippen LogP contribution in [0.5, 0.6) is 11.6 Å². The molecular formula is C31H46N8O8P+. The number of nitrogens with zero attached hydrogens (tertiary/aromatic N) is 6. The van der Waals surface area contributed by atoms with E-state index in [1.165, 1.54) is 27.4 Å². The molecule has 1 fully saturated rings. The lowest BCUT2D eigenvalue weighted by Gasteiger charge is -2.25. The van der Waals surface area contributed by atoms with Crippen LogP contribution in [0.1, 0.15) is 59.1 Å². The fourth-order valence-corrected chi connectivity index (χ4v) is 7.08. The first-order valence-corrected chi connectivity index (χ1v) is 17.6. The Labute approximate surface area is 279 Å². The molecule has 17 heteroatoms. The van der Waals surface area contributed by atoms with Gasteiger partial charge in [0.1, 0.15) is 31.2 Å². The average molecular weight is 690 g/mol. The van der Waals surface area contributed by atoms with Crippen molar-refractivity contribution >= 4 is 37.0 Å². The fraction of sp³-hybridized carbons (Fsp3) is 0.581. The Hall–Kier alpha value is -3.91. The van der Waals surface area contributed by atoms with Crippen LogP contribution in [0.3, 0.4) is 0 Å². The quantitative estimate of drug-likeness (QED) is 0.0568. The number of carbonyl (C=O) groups excluding carboxylic acids is 1. The number of aliphatic hydroxyl groups is 1. The lowest BCUT2D eigenvalue weighted by atomic mass is 9.96. The summed E-state index contributed by atoms with van der Waals surface area (Å²) in [6.45, 7) is 5.60. The van der Waals surface area contributed by atoms with Crippen LogP contribution in [0.4, 0.5) is 5.95 Å². The normalized spacial score (nSPS) is 21.0. The van der Waals surface area contributed by atoms with Gasteiger partial charge in [-0.05, 0) is 37.8 Å². The Morgan fingerprint density at radius 2 is 1.98 bits per heavy atom. The highest BCUT2D eigenvalue weighted by Crippen LogP contribution is 2.47. The summed E-state index contributed by atoms with van der Waals surface area (Å²) >= 11 is 0. The number of benzene rings is 1. The van der Waals surface area contributed by atoms with E-state index in [9.17, 15) is 14.5 Å². The third kappa shape index (κ3) is 9.37. The number of hydrogen-bond donors (Lipinski definition) is 3. The second kappa shape index (κ2) is 17.5. The SMILES string of the molecule is CCCC(CCC)COC(=O)C(C)NP(=O)(OCC1OC(n2cnc3c(OC)nc(N)nc32)C(CC=[N+]=NC)C1O)Oc1ccccc1. The van der Waals surface area contributed by atoms with Crippen LogP contribution in [-0.2, 0) is 23.4 Å². The molecular weight excluding hydrogens is 643 g/mol. The van der Waals surface area contributed by atoms with Crippen molar-refractivity contribution in [2.24, 2.45) is 17.0 Å². The molecule has 4 N–H and O–H groups in total. The summed E-state index contributed by atoms with van der Waals surface area (Å²) in [5.41, 5.74) is 6.60. The molecule has 0 spiro atoms. The first-order valence-electron chi connectivity index (χ1n) is 16.0. The molecule has 6 atom stereocenters. The number of carbonyl (C=O) groups is 1. The van der Waals surface area contributed by atoms with Gasteiger partial charge in [-0.25, -0.2) is 9.55 Å². The average Bonchev–Trinajstić information content (AvgIpc) is 3.62. The van der Waals surface area contributed by atoms with Gasteiger partial charge in [0, 0.05) is 10.7 Å². The summed E-state index contributed by atoms with van der Waals surface area (Å²) < 4.78 is 44.7. The molecule has 48 heavy (non-hydrogen) atoms. The van der Waals surface area contributed by atoms with E-state index in [-0.39, 0.29) is 43.1 Å². The van der Waals surface area contributed by atoms with Gasteiger partial charge in [-0.1, -0.05) is 44.9 Å². The molecule has 262 valence electrons. The lowest BCUT2D eigenvalue weighted by Crippen LogP contribution is -2.37. The zero-order chi connectivity index (χ0) is 34.7. The van der Waals surface area contributed by atoms with Gasteiger partial charge in [0.15, 0.2) is 11.2 Å². The van der Waals surface area contributed by atoms with Gasteiger partial charge in [0.25, 0.3) is 0 Å². The van der Waals surface area contributed by atoms with Gasteiger partial charge in [0.2, 0.25) is 11.8 Å². The predicted molar refractivity (Wildman–Crippen MR) is 176 cm³/mol. The second-order valence-electron chi connectivity index (χ2n) is 11.5. The number of hydrogen-bond acceptors (Lipinski definition) is 13. The van der Waals surface area contributed by atoms with E-state index in [4.69, 9.17) is 29.0 Å². The number of nitrogen functional groups attached to an aromatic ring is 1. The van der Waals surface area contributed by atoms with Gasteiger partial charge in [0.05, 0.1) is 44.3 Å². The molecule has 1 saturated heterocycles. The van der Waals surface area contributed by atoms with Crippen molar-refractivity contribution in [1.82, 2.24) is 24.6 Å². The Balaban J connectivity index is 1.55. The summed E-state index contributed by atoms with van der Waals surface area (Å²) in [4.78, 5) is 29.7. The summed E-state index contributed by atoms with van der Waals surface area (Å²) in [6, 6.07) is 7.38. The highest BCUT2D eigenvalue weighted by atomic mass is 31.2. The zero-order valence-electron chi connectivity index (χ0n) is 28.0. The topological polar surface area (TPSA) is 209 Å². The van der Waals surface area contributed by atoms with Gasteiger partial charge in [-0.15, -0.1) is 0 Å². The summed E-state index contributed by atoms with van der Waals surface area (Å²) in [5.74, 6) is -0.533. The highest BCUT2D eigenvalue weighted by molar-refractivity contribution is 7.52. The zero-order valence-corrected chi connectivity index (χ0v) is 28.9. The largest absolute Gasteiger partial charge is 0.479 e. The number of imidazole rings is 1. The maximum absolute atomic E-state index is 14.2. The summed E-state index contributed by atoms with van der Waals surface area (Å²) in [7, 11) is -1.27. The maximum atomic E-state index is 14.2. The highest BCUT2D eigenvalue weighted by Gasteiger charge is 2.47. The number of aliphatic hydroxyl groups excluding tert-OH is 1. The van der Waals surface area contributed by atoms with Crippen LogP contribution < -0.4 is 20.1 Å². The number of anilines is 1.